The third-order valence-corrected chi connectivity index (χ3v) is 8.40. The van der Waals surface area contributed by atoms with E-state index < -0.39 is 0 Å². The number of ether oxygens (including phenoxy) is 1. The monoisotopic (exact) mass is 542 g/mol. The van der Waals surface area contributed by atoms with Gasteiger partial charge in [0.15, 0.2) is 6.20 Å². The lowest BCUT2D eigenvalue weighted by Gasteiger charge is -2.25. The number of methoxy groups -OCH3 is 1. The first-order valence-corrected chi connectivity index (χ1v) is 14.0. The minimum absolute atomic E-state index is 0.00244. The van der Waals surface area contributed by atoms with Gasteiger partial charge in [-0.3, -0.25) is 9.59 Å². The maximum Gasteiger partial charge on any atom is 0.260 e. The van der Waals surface area contributed by atoms with Gasteiger partial charge in [-0.05, 0) is 54.0 Å². The van der Waals surface area contributed by atoms with Gasteiger partial charge in [0.1, 0.15) is 11.3 Å². The van der Waals surface area contributed by atoms with E-state index in [0.29, 0.717) is 42.6 Å². The van der Waals surface area contributed by atoms with E-state index in [-0.39, 0.29) is 17.9 Å². The van der Waals surface area contributed by atoms with Crippen molar-refractivity contribution in [2.45, 2.75) is 32.7 Å². The lowest BCUT2D eigenvalue weighted by Crippen LogP contribution is -2.38. The quantitative estimate of drug-likeness (QED) is 0.331. The molecule has 2 saturated heterocycles. The zero-order valence-electron chi connectivity index (χ0n) is 23.5. The summed E-state index contributed by atoms with van der Waals surface area (Å²) in [5.41, 5.74) is 3.89. The summed E-state index contributed by atoms with van der Waals surface area (Å²) >= 11 is 0. The molecule has 0 radical (unpaired) electrons. The minimum Gasteiger partial charge on any atom is -0.618 e. The number of pyridine rings is 1. The molecule has 3 heterocycles. The number of likely N-dealkylation sites (tertiary alicyclic amines) is 2. The van der Waals surface area contributed by atoms with Crippen molar-refractivity contribution in [2.75, 3.05) is 39.8 Å². The molecule has 2 aliphatic rings. The van der Waals surface area contributed by atoms with Crippen molar-refractivity contribution >= 4 is 11.8 Å². The fourth-order valence-corrected chi connectivity index (χ4v) is 6.18. The van der Waals surface area contributed by atoms with Gasteiger partial charge in [0.25, 0.3) is 5.91 Å². The molecule has 8 nitrogen and oxygen atoms in total. The fraction of sp³-hybridized carbons (Fsp3) is 0.406. The summed E-state index contributed by atoms with van der Waals surface area (Å²) < 4.78 is 5.99. The second-order valence-electron chi connectivity index (χ2n) is 11.1. The molecule has 3 aromatic rings. The molecule has 2 fully saturated rings. The predicted molar refractivity (Wildman–Crippen MR) is 153 cm³/mol. The summed E-state index contributed by atoms with van der Waals surface area (Å²) in [7, 11) is 1.63. The lowest BCUT2D eigenvalue weighted by molar-refractivity contribution is -0.612. The third-order valence-electron chi connectivity index (χ3n) is 8.40. The van der Waals surface area contributed by atoms with E-state index in [4.69, 9.17) is 4.74 Å². The SMILES string of the molecule is COc1ccc(CC(=O)NC(CCN2CC3CN(C(=O)c4c(C)cc[n+]([O-])c4C)C[C@@H]3C2)c2ccccc2)cc1. The Bertz CT molecular complexity index is 1330. The van der Waals surface area contributed by atoms with Crippen molar-refractivity contribution in [3.05, 3.63) is 100 Å². The lowest BCUT2D eigenvalue weighted by atomic mass is 10.0. The normalized spacial score (nSPS) is 19.3. The van der Waals surface area contributed by atoms with E-state index in [1.165, 1.54) is 6.20 Å². The molecule has 2 unspecified atom stereocenters. The van der Waals surface area contributed by atoms with Crippen LogP contribution >= 0.6 is 0 Å². The largest absolute Gasteiger partial charge is 0.618 e. The number of rotatable bonds is 9. The Balaban J connectivity index is 1.17. The average molecular weight is 543 g/mol. The van der Waals surface area contributed by atoms with E-state index in [9.17, 15) is 14.8 Å². The number of nitrogens with one attached hydrogen (secondary N) is 1. The van der Waals surface area contributed by atoms with Crippen LogP contribution in [0.4, 0.5) is 0 Å². The van der Waals surface area contributed by atoms with Gasteiger partial charge in [-0.2, -0.15) is 4.73 Å². The number of benzene rings is 2. The van der Waals surface area contributed by atoms with Crippen molar-refractivity contribution in [3.63, 3.8) is 0 Å². The van der Waals surface area contributed by atoms with Crippen LogP contribution in [0.1, 0.15) is 45.2 Å². The Kier molecular flexibility index (Phi) is 8.35. The fourth-order valence-electron chi connectivity index (χ4n) is 6.18. The predicted octanol–water partition coefficient (Wildman–Crippen LogP) is 3.44. The Labute approximate surface area is 236 Å². The van der Waals surface area contributed by atoms with Gasteiger partial charge < -0.3 is 25.1 Å². The van der Waals surface area contributed by atoms with Gasteiger partial charge in [0.2, 0.25) is 11.6 Å². The van der Waals surface area contributed by atoms with Crippen molar-refractivity contribution in [1.29, 1.82) is 0 Å². The Morgan fingerprint density at radius 1 is 1.00 bits per heavy atom. The second kappa shape index (κ2) is 12.1. The molecule has 210 valence electrons. The number of carbonyl (C=O) groups excluding carboxylic acids is 2. The van der Waals surface area contributed by atoms with Gasteiger partial charge in [0.05, 0.1) is 19.6 Å². The number of aryl methyl sites for hydroxylation is 1. The zero-order valence-corrected chi connectivity index (χ0v) is 23.5. The van der Waals surface area contributed by atoms with Crippen LogP contribution in [0, 0.1) is 30.9 Å². The molecule has 5 rings (SSSR count). The molecule has 40 heavy (non-hydrogen) atoms. The van der Waals surface area contributed by atoms with Gasteiger partial charge in [-0.15, -0.1) is 0 Å². The van der Waals surface area contributed by atoms with Crippen molar-refractivity contribution in [2.24, 2.45) is 11.8 Å². The number of carbonyl (C=O) groups is 2. The summed E-state index contributed by atoms with van der Waals surface area (Å²) in [6.45, 7) is 7.77. The van der Waals surface area contributed by atoms with E-state index in [1.807, 2.05) is 54.3 Å². The summed E-state index contributed by atoms with van der Waals surface area (Å²) in [6.07, 6.45) is 2.59. The molecule has 3 atom stereocenters. The summed E-state index contributed by atoms with van der Waals surface area (Å²) in [5, 5.41) is 15.3. The first-order valence-electron chi connectivity index (χ1n) is 14.0. The van der Waals surface area contributed by atoms with Crippen LogP contribution in [-0.4, -0.2) is 61.4 Å². The molecule has 2 aliphatic heterocycles. The molecule has 0 saturated carbocycles. The van der Waals surface area contributed by atoms with Crippen LogP contribution in [0.15, 0.2) is 66.9 Å². The van der Waals surface area contributed by atoms with Crippen LogP contribution in [0.2, 0.25) is 0 Å². The molecular formula is C32H38N4O4. The second-order valence-corrected chi connectivity index (χ2v) is 11.1. The van der Waals surface area contributed by atoms with E-state index >= 15 is 0 Å². The van der Waals surface area contributed by atoms with Gasteiger partial charge in [-0.25, -0.2) is 0 Å². The number of amides is 2. The molecule has 0 aliphatic carbocycles. The van der Waals surface area contributed by atoms with Gasteiger partial charge in [0, 0.05) is 45.7 Å². The van der Waals surface area contributed by atoms with Gasteiger partial charge >= 0.3 is 0 Å². The summed E-state index contributed by atoms with van der Waals surface area (Å²) in [4.78, 5) is 30.7. The number of hydrogen-bond donors (Lipinski definition) is 1. The third kappa shape index (κ3) is 6.12. The van der Waals surface area contributed by atoms with Crippen LogP contribution < -0.4 is 14.8 Å². The summed E-state index contributed by atoms with van der Waals surface area (Å²) in [6, 6.07) is 19.4. The molecule has 2 amide bonds. The molecule has 1 aromatic heterocycles. The number of aromatic nitrogens is 1. The Hall–Kier alpha value is -3.91. The highest BCUT2D eigenvalue weighted by Crippen LogP contribution is 2.33. The standard InChI is InChI=1S/C32H38N4O4/c1-22-13-16-36(39)23(2)31(22)32(38)35-20-26-18-34(19-27(26)21-35)15-14-29(25-7-5-4-6-8-25)33-30(37)17-24-9-11-28(40-3)12-10-24/h4-13,16,26-27,29H,14-15,17-21H2,1-3H3,(H,33,37)/t26-,27?,29?/m0/s1. The molecule has 0 bridgehead atoms. The van der Waals surface area contributed by atoms with Crippen molar-refractivity contribution < 1.29 is 19.1 Å². The highest BCUT2D eigenvalue weighted by Gasteiger charge is 2.42. The Morgan fingerprint density at radius 2 is 1.68 bits per heavy atom. The van der Waals surface area contributed by atoms with Crippen LogP contribution in [0.25, 0.3) is 0 Å². The van der Waals surface area contributed by atoms with E-state index in [0.717, 1.165) is 53.2 Å². The highest BCUT2D eigenvalue weighted by atomic mass is 16.5. The molecule has 2 aromatic carbocycles. The first kappa shape index (κ1) is 27.6. The molecule has 8 heteroatoms. The molecule has 1 N–H and O–H groups in total. The number of fused-ring (bicyclic) bond motifs is 1. The van der Waals surface area contributed by atoms with Crippen molar-refractivity contribution in [1.82, 2.24) is 15.1 Å². The molecule has 0 spiro atoms. The highest BCUT2D eigenvalue weighted by molar-refractivity contribution is 5.96. The number of nitrogens with zero attached hydrogens (tertiary/aromatic N) is 3. The van der Waals surface area contributed by atoms with Gasteiger partial charge in [-0.1, -0.05) is 42.5 Å². The minimum atomic E-state index is -0.0757. The smallest absolute Gasteiger partial charge is 0.260 e. The molecular weight excluding hydrogens is 504 g/mol. The topological polar surface area (TPSA) is 88.8 Å². The number of hydrogen-bond acceptors (Lipinski definition) is 5. The van der Waals surface area contributed by atoms with Crippen LogP contribution in [0.3, 0.4) is 0 Å². The van der Waals surface area contributed by atoms with Crippen LogP contribution in [-0.2, 0) is 11.2 Å². The van der Waals surface area contributed by atoms with Crippen molar-refractivity contribution in [3.8, 4) is 5.75 Å². The Morgan fingerprint density at radius 3 is 2.33 bits per heavy atom. The van der Waals surface area contributed by atoms with E-state index in [2.05, 4.69) is 22.3 Å². The summed E-state index contributed by atoms with van der Waals surface area (Å²) in [5.74, 6) is 1.58. The maximum absolute atomic E-state index is 13.3. The average Bonchev–Trinajstić information content (AvgIpc) is 3.53. The maximum atomic E-state index is 13.3. The van der Waals surface area contributed by atoms with E-state index in [1.54, 1.807) is 20.1 Å². The van der Waals surface area contributed by atoms with Crippen LogP contribution in [0.5, 0.6) is 5.75 Å². The zero-order chi connectivity index (χ0) is 28.2. The first-order chi connectivity index (χ1) is 19.3.